The zero-order chi connectivity index (χ0) is 11.3. The molecule has 0 bridgehead atoms. The molecule has 1 aliphatic heterocycles. The topological polar surface area (TPSA) is 92.9 Å². The number of hydrogen-bond acceptors (Lipinski definition) is 4. The molecule has 1 unspecified atom stereocenters. The van der Waals surface area contributed by atoms with Crippen molar-refractivity contribution in [2.24, 2.45) is 5.73 Å². The third kappa shape index (κ3) is 3.85. The second kappa shape index (κ2) is 5.67. The summed E-state index contributed by atoms with van der Waals surface area (Å²) in [7, 11) is 0. The van der Waals surface area contributed by atoms with Crippen LogP contribution in [0.3, 0.4) is 0 Å². The van der Waals surface area contributed by atoms with Crippen LogP contribution in [0.25, 0.3) is 0 Å². The van der Waals surface area contributed by atoms with Crippen molar-refractivity contribution in [2.45, 2.75) is 18.9 Å². The van der Waals surface area contributed by atoms with E-state index < -0.39 is 17.9 Å². The van der Waals surface area contributed by atoms with E-state index in [2.05, 4.69) is 0 Å². The summed E-state index contributed by atoms with van der Waals surface area (Å²) in [4.78, 5) is 23.4. The van der Waals surface area contributed by atoms with Crippen molar-refractivity contribution in [1.29, 1.82) is 0 Å². The van der Waals surface area contributed by atoms with Crippen LogP contribution in [0.4, 0.5) is 0 Å². The largest absolute Gasteiger partial charge is 0.480 e. The molecule has 1 amide bonds. The van der Waals surface area contributed by atoms with Crippen molar-refractivity contribution in [2.75, 3.05) is 26.3 Å². The van der Waals surface area contributed by atoms with Crippen LogP contribution in [-0.2, 0) is 14.3 Å². The van der Waals surface area contributed by atoms with Crippen molar-refractivity contribution in [3.8, 4) is 0 Å². The number of nitrogens with two attached hydrogens (primary N) is 1. The van der Waals surface area contributed by atoms with E-state index in [0.29, 0.717) is 26.3 Å². The fourth-order valence-corrected chi connectivity index (χ4v) is 1.63. The summed E-state index contributed by atoms with van der Waals surface area (Å²) >= 11 is 0. The van der Waals surface area contributed by atoms with Crippen LogP contribution in [0.15, 0.2) is 0 Å². The van der Waals surface area contributed by atoms with Crippen molar-refractivity contribution in [1.82, 2.24) is 4.90 Å². The molecule has 1 rings (SSSR count). The number of morpholine rings is 1. The Balaban J connectivity index is 2.48. The molecule has 0 radical (unpaired) electrons. The number of hydrogen-bond donors (Lipinski definition) is 2. The van der Waals surface area contributed by atoms with Crippen LogP contribution in [-0.4, -0.2) is 54.2 Å². The molecule has 0 spiro atoms. The molecule has 86 valence electrons. The minimum Gasteiger partial charge on any atom is -0.480 e. The van der Waals surface area contributed by atoms with E-state index in [1.807, 2.05) is 4.90 Å². The van der Waals surface area contributed by atoms with Gasteiger partial charge < -0.3 is 15.6 Å². The second-order valence-electron chi connectivity index (χ2n) is 3.51. The lowest BCUT2D eigenvalue weighted by Crippen LogP contribution is -2.47. The average molecular weight is 216 g/mol. The van der Waals surface area contributed by atoms with Gasteiger partial charge in [0.15, 0.2) is 0 Å². The molecule has 15 heavy (non-hydrogen) atoms. The lowest BCUT2D eigenvalue weighted by atomic mass is 10.1. The summed E-state index contributed by atoms with van der Waals surface area (Å²) < 4.78 is 5.13. The fourth-order valence-electron chi connectivity index (χ4n) is 1.63. The molecule has 6 nitrogen and oxygen atoms in total. The van der Waals surface area contributed by atoms with Gasteiger partial charge in [0.25, 0.3) is 0 Å². The summed E-state index contributed by atoms with van der Waals surface area (Å²) in [6.45, 7) is 2.27. The van der Waals surface area contributed by atoms with Crippen molar-refractivity contribution in [3.63, 3.8) is 0 Å². The highest BCUT2D eigenvalue weighted by molar-refractivity contribution is 5.77. The molecule has 0 aromatic rings. The first-order chi connectivity index (χ1) is 7.11. The van der Waals surface area contributed by atoms with E-state index in [1.54, 1.807) is 0 Å². The number of primary amides is 1. The fraction of sp³-hybridized carbons (Fsp3) is 0.778. The first-order valence-corrected chi connectivity index (χ1v) is 4.94. The third-order valence-electron chi connectivity index (χ3n) is 2.44. The number of carboxylic acid groups (broad SMARTS) is 1. The molecule has 3 N–H and O–H groups in total. The number of carbonyl (C=O) groups is 2. The number of carbonyl (C=O) groups excluding carboxylic acids is 1. The molecule has 1 fully saturated rings. The Labute approximate surface area is 88.0 Å². The van der Waals surface area contributed by atoms with Gasteiger partial charge in [0.2, 0.25) is 5.91 Å². The standard InChI is InChI=1S/C9H16N2O4/c10-8(12)2-1-7(9(13)14)11-3-5-15-6-4-11/h7H,1-6H2,(H2,10,12)(H,13,14). The third-order valence-corrected chi connectivity index (χ3v) is 2.44. The molecule has 0 saturated carbocycles. The number of nitrogens with zero attached hydrogens (tertiary/aromatic N) is 1. The van der Waals surface area contributed by atoms with Crippen LogP contribution in [0.5, 0.6) is 0 Å². The normalized spacial score (nSPS) is 19.7. The van der Waals surface area contributed by atoms with Gasteiger partial charge in [-0.1, -0.05) is 0 Å². The van der Waals surface area contributed by atoms with Crippen LogP contribution >= 0.6 is 0 Å². The van der Waals surface area contributed by atoms with Crippen molar-refractivity contribution >= 4 is 11.9 Å². The minimum atomic E-state index is -0.904. The van der Waals surface area contributed by atoms with E-state index in [-0.39, 0.29) is 12.8 Å². The Hall–Kier alpha value is -1.14. The Morgan fingerprint density at radius 2 is 2.00 bits per heavy atom. The van der Waals surface area contributed by atoms with Crippen LogP contribution in [0, 0.1) is 0 Å². The van der Waals surface area contributed by atoms with Gasteiger partial charge in [-0.3, -0.25) is 14.5 Å². The zero-order valence-corrected chi connectivity index (χ0v) is 8.52. The number of aliphatic carboxylic acids is 1. The minimum absolute atomic E-state index is 0.105. The zero-order valence-electron chi connectivity index (χ0n) is 8.52. The van der Waals surface area contributed by atoms with Gasteiger partial charge >= 0.3 is 5.97 Å². The SMILES string of the molecule is NC(=O)CCC(C(=O)O)N1CCOCC1. The van der Waals surface area contributed by atoms with E-state index in [0.717, 1.165) is 0 Å². The second-order valence-corrected chi connectivity index (χ2v) is 3.51. The molecule has 1 atom stereocenters. The first kappa shape index (κ1) is 11.9. The van der Waals surface area contributed by atoms with Gasteiger partial charge in [-0.25, -0.2) is 0 Å². The Kier molecular flexibility index (Phi) is 4.51. The van der Waals surface area contributed by atoms with Crippen LogP contribution in [0.1, 0.15) is 12.8 Å². The summed E-state index contributed by atoms with van der Waals surface area (Å²) in [6, 6.07) is -0.624. The number of amides is 1. The van der Waals surface area contributed by atoms with Crippen LogP contribution < -0.4 is 5.73 Å². The quantitative estimate of drug-likeness (QED) is 0.617. The Morgan fingerprint density at radius 3 is 2.47 bits per heavy atom. The highest BCUT2D eigenvalue weighted by Crippen LogP contribution is 2.09. The van der Waals surface area contributed by atoms with Gasteiger partial charge in [0, 0.05) is 19.5 Å². The lowest BCUT2D eigenvalue weighted by Gasteiger charge is -2.31. The van der Waals surface area contributed by atoms with E-state index in [4.69, 9.17) is 15.6 Å². The Bertz CT molecular complexity index is 238. The molecule has 0 aromatic carbocycles. The van der Waals surface area contributed by atoms with Gasteiger partial charge in [-0.15, -0.1) is 0 Å². The molecule has 1 aliphatic rings. The molecule has 0 aliphatic carbocycles. The molecule has 6 heteroatoms. The number of ether oxygens (including phenoxy) is 1. The summed E-state index contributed by atoms with van der Waals surface area (Å²) in [5.41, 5.74) is 5.00. The molecular weight excluding hydrogens is 200 g/mol. The Morgan fingerprint density at radius 1 is 1.40 bits per heavy atom. The van der Waals surface area contributed by atoms with E-state index >= 15 is 0 Å². The lowest BCUT2D eigenvalue weighted by molar-refractivity contribution is -0.145. The van der Waals surface area contributed by atoms with Gasteiger partial charge in [-0.2, -0.15) is 0 Å². The van der Waals surface area contributed by atoms with Gasteiger partial charge in [0.1, 0.15) is 6.04 Å². The van der Waals surface area contributed by atoms with Crippen molar-refractivity contribution < 1.29 is 19.4 Å². The van der Waals surface area contributed by atoms with Gasteiger partial charge in [-0.05, 0) is 6.42 Å². The highest BCUT2D eigenvalue weighted by Gasteiger charge is 2.26. The molecule has 1 heterocycles. The number of carboxylic acids is 1. The van der Waals surface area contributed by atoms with Crippen LogP contribution in [0.2, 0.25) is 0 Å². The summed E-state index contributed by atoms with van der Waals surface area (Å²) in [5.74, 6) is -1.37. The summed E-state index contributed by atoms with van der Waals surface area (Å²) in [6.07, 6.45) is 0.374. The monoisotopic (exact) mass is 216 g/mol. The maximum atomic E-state index is 11.0. The molecular formula is C9H16N2O4. The maximum Gasteiger partial charge on any atom is 0.320 e. The van der Waals surface area contributed by atoms with Gasteiger partial charge in [0.05, 0.1) is 13.2 Å². The average Bonchev–Trinajstić information content (AvgIpc) is 2.18. The highest BCUT2D eigenvalue weighted by atomic mass is 16.5. The smallest absolute Gasteiger partial charge is 0.320 e. The maximum absolute atomic E-state index is 11.0. The molecule has 0 aromatic heterocycles. The predicted molar refractivity (Wildman–Crippen MR) is 52.2 cm³/mol. The van der Waals surface area contributed by atoms with E-state index in [9.17, 15) is 9.59 Å². The first-order valence-electron chi connectivity index (χ1n) is 4.94. The summed E-state index contributed by atoms with van der Waals surface area (Å²) in [5, 5.41) is 9.00. The van der Waals surface area contributed by atoms with E-state index in [1.165, 1.54) is 0 Å². The number of rotatable bonds is 5. The predicted octanol–water partition coefficient (Wildman–Crippen LogP) is -0.963. The molecule has 1 saturated heterocycles. The van der Waals surface area contributed by atoms with Crippen molar-refractivity contribution in [3.05, 3.63) is 0 Å².